The van der Waals surface area contributed by atoms with Crippen molar-refractivity contribution in [3.8, 4) is 0 Å². The molecule has 0 aromatic rings. The van der Waals surface area contributed by atoms with Crippen molar-refractivity contribution in [1.82, 2.24) is 0 Å². The molecule has 0 nitrogen and oxygen atoms in total. The van der Waals surface area contributed by atoms with E-state index in [0.717, 1.165) is 0 Å². The van der Waals surface area contributed by atoms with Gasteiger partial charge >= 0.3 is 0 Å². The minimum Gasteiger partial charge on any atom is -0.109 e. The van der Waals surface area contributed by atoms with Gasteiger partial charge in [-0.2, -0.15) is 0 Å². The van der Waals surface area contributed by atoms with Gasteiger partial charge in [0.1, 0.15) is 19.5 Å². The van der Waals surface area contributed by atoms with Crippen molar-refractivity contribution in [2.24, 2.45) is 23.7 Å². The molecule has 0 aromatic carbocycles. The summed E-state index contributed by atoms with van der Waals surface area (Å²) in [5, 5.41) is 0.765. The Morgan fingerprint density at radius 2 is 0.567 bits per heavy atom. The van der Waals surface area contributed by atoms with Gasteiger partial charge in [-0.3, -0.25) is 0 Å². The summed E-state index contributed by atoms with van der Waals surface area (Å²) in [5.74, 6) is -0.976. The Morgan fingerprint density at radius 1 is 0.400 bits per heavy atom. The molecule has 0 heterocycles. The number of halogens is 12. The molecule has 30 heavy (non-hydrogen) atoms. The normalized spacial score (nSPS) is 55.6. The lowest BCUT2D eigenvalue weighted by molar-refractivity contribution is 0.175. The molecule has 0 unspecified atom stereocenters. The summed E-state index contributed by atoms with van der Waals surface area (Å²) in [6.07, 6.45) is 2.22. The summed E-state index contributed by atoms with van der Waals surface area (Å²) in [5.41, 5.74) is 0. The van der Waals surface area contributed by atoms with Gasteiger partial charge in [0, 0.05) is 0 Å². The van der Waals surface area contributed by atoms with Crippen LogP contribution < -0.4 is 0 Å². The number of rotatable bonds is 0. The molecule has 5 rings (SSSR count). The fraction of sp³-hybridized carbons (Fsp3) is 0.778. The zero-order valence-electron chi connectivity index (χ0n) is 14.7. The molecule has 3 saturated carbocycles. The maximum Gasteiger partial charge on any atom is 0.166 e. The minimum atomic E-state index is -1.58. The van der Waals surface area contributed by atoms with Gasteiger partial charge in [0.05, 0.1) is 20.1 Å². The highest BCUT2D eigenvalue weighted by molar-refractivity contribution is 6.66. The maximum absolute atomic E-state index is 7.02. The van der Waals surface area contributed by atoms with Gasteiger partial charge in [0.15, 0.2) is 8.67 Å². The molecule has 0 saturated heterocycles. The minimum absolute atomic E-state index is 0.191. The molecule has 12 heteroatoms. The molecule has 168 valence electrons. The Bertz CT molecular complexity index is 782. The first-order valence-electron chi connectivity index (χ1n) is 9.22. The molecule has 4 bridgehead atoms. The van der Waals surface area contributed by atoms with Crippen molar-refractivity contribution >= 4 is 139 Å². The third-order valence-electron chi connectivity index (χ3n) is 8.08. The van der Waals surface area contributed by atoms with Crippen LogP contribution in [-0.2, 0) is 0 Å². The van der Waals surface area contributed by atoms with Crippen LogP contribution in [0.15, 0.2) is 20.1 Å². The van der Waals surface area contributed by atoms with E-state index < -0.39 is 28.2 Å². The molecule has 0 aliphatic heterocycles. The lowest BCUT2D eigenvalue weighted by atomic mass is 9.67. The van der Waals surface area contributed by atoms with Crippen molar-refractivity contribution < 1.29 is 0 Å². The molecule has 5 aliphatic rings. The second kappa shape index (κ2) is 6.83. The fourth-order valence-corrected chi connectivity index (χ4v) is 13.0. The highest BCUT2D eigenvalue weighted by atomic mass is 35.5. The fourth-order valence-electron chi connectivity index (χ4n) is 6.73. The van der Waals surface area contributed by atoms with Gasteiger partial charge in [-0.25, -0.2) is 0 Å². The zero-order chi connectivity index (χ0) is 22.4. The zero-order valence-corrected chi connectivity index (χ0v) is 23.7. The molecular weight excluding hydrogens is 642 g/mol. The summed E-state index contributed by atoms with van der Waals surface area (Å²) in [4.78, 5) is -5.28. The van der Waals surface area contributed by atoms with Crippen molar-refractivity contribution in [2.75, 3.05) is 0 Å². The smallest absolute Gasteiger partial charge is 0.109 e. The molecule has 0 spiro atoms. The van der Waals surface area contributed by atoms with E-state index in [2.05, 4.69) is 0 Å². The van der Waals surface area contributed by atoms with E-state index in [4.69, 9.17) is 139 Å². The van der Waals surface area contributed by atoms with Gasteiger partial charge in [-0.15, -0.1) is 46.4 Å². The standard InChI is InChI=1S/C18H12Cl12/c19-9-10(20)15(25)7-3-4-8-6(2-1-5(7)13(9,23)17(15,27)28)14(24)11(21)12(22)16(8,26)18(14,29)30/h5-8H,1-4H2/t5-,6+,7+,8-,13-,14+,15+,16-. The van der Waals surface area contributed by atoms with E-state index in [-0.39, 0.29) is 43.8 Å². The average Bonchev–Trinajstić information content (AvgIpc) is 2.96. The highest BCUT2D eigenvalue weighted by Crippen LogP contribution is 2.81. The predicted molar refractivity (Wildman–Crippen MR) is 133 cm³/mol. The Kier molecular flexibility index (Phi) is 5.61. The van der Waals surface area contributed by atoms with Crippen LogP contribution in [0, 0.1) is 23.7 Å². The first-order valence-corrected chi connectivity index (χ1v) is 13.8. The van der Waals surface area contributed by atoms with E-state index in [9.17, 15) is 0 Å². The summed E-state index contributed by atoms with van der Waals surface area (Å²) < 4.78 is -3.17. The molecule has 0 amide bonds. The van der Waals surface area contributed by atoms with Crippen molar-refractivity contribution in [2.45, 2.75) is 53.8 Å². The van der Waals surface area contributed by atoms with Crippen LogP contribution >= 0.6 is 139 Å². The summed E-state index contributed by atoms with van der Waals surface area (Å²) in [6, 6.07) is 0. The van der Waals surface area contributed by atoms with Crippen LogP contribution in [0.25, 0.3) is 0 Å². The van der Waals surface area contributed by atoms with Crippen molar-refractivity contribution in [3.63, 3.8) is 0 Å². The topological polar surface area (TPSA) is 0 Å². The number of hydrogen-bond donors (Lipinski definition) is 0. The van der Waals surface area contributed by atoms with E-state index >= 15 is 0 Å². The van der Waals surface area contributed by atoms with Crippen LogP contribution in [0.5, 0.6) is 0 Å². The SMILES string of the molecule is ClC1=C(Cl)[C@]2(Cl)[C@@H]3CC[C@H]4[C@@H](CC[C@@H]3[C@@]1(Cl)C2(Cl)Cl)[C@@]1(Cl)C(Cl)=C(Cl)[C@]4(Cl)C1(Cl)Cl. The highest BCUT2D eigenvalue weighted by Gasteiger charge is 2.85. The van der Waals surface area contributed by atoms with E-state index in [1.54, 1.807) is 0 Å². The molecule has 0 N–H and O–H groups in total. The van der Waals surface area contributed by atoms with Crippen LogP contribution in [0.2, 0.25) is 0 Å². The molecule has 0 radical (unpaired) electrons. The Labute approximate surface area is 234 Å². The van der Waals surface area contributed by atoms with E-state index in [1.165, 1.54) is 0 Å². The third-order valence-corrected chi connectivity index (χ3v) is 16.8. The largest absolute Gasteiger partial charge is 0.166 e. The molecular formula is C18H12Cl12. The summed E-state index contributed by atoms with van der Waals surface area (Å²) in [6.45, 7) is 0. The van der Waals surface area contributed by atoms with E-state index in [1.807, 2.05) is 0 Å². The van der Waals surface area contributed by atoms with Gasteiger partial charge in [0.25, 0.3) is 0 Å². The summed E-state index contributed by atoms with van der Waals surface area (Å²) in [7, 11) is 0. The second-order valence-electron chi connectivity index (χ2n) is 8.83. The Hall–Kier alpha value is 2.96. The van der Waals surface area contributed by atoms with E-state index in [0.29, 0.717) is 25.7 Å². The third kappa shape index (κ3) is 2.18. The van der Waals surface area contributed by atoms with Gasteiger partial charge < -0.3 is 0 Å². The van der Waals surface area contributed by atoms with Crippen molar-refractivity contribution in [3.05, 3.63) is 20.1 Å². The lowest BCUT2D eigenvalue weighted by Gasteiger charge is -2.44. The van der Waals surface area contributed by atoms with Gasteiger partial charge in [-0.05, 0) is 49.4 Å². The molecule has 3 fully saturated rings. The Balaban J connectivity index is 1.62. The number of allylic oxidation sites excluding steroid dienone is 4. The molecule has 8 atom stereocenters. The number of hydrogen-bond acceptors (Lipinski definition) is 0. The number of fused-ring (bicyclic) bond motifs is 10. The maximum atomic E-state index is 7.02. The van der Waals surface area contributed by atoms with Crippen molar-refractivity contribution in [1.29, 1.82) is 0 Å². The second-order valence-corrected chi connectivity index (χ2v) is 15.4. The lowest BCUT2D eigenvalue weighted by Crippen LogP contribution is -2.45. The molecule has 5 aliphatic carbocycles. The van der Waals surface area contributed by atoms with Crippen LogP contribution in [0.3, 0.4) is 0 Å². The first-order chi connectivity index (χ1) is 13.6. The first kappa shape index (κ1) is 24.6. The van der Waals surface area contributed by atoms with Crippen LogP contribution in [0.1, 0.15) is 25.7 Å². The Morgan fingerprint density at radius 3 is 0.733 bits per heavy atom. The van der Waals surface area contributed by atoms with Crippen LogP contribution in [0.4, 0.5) is 0 Å². The predicted octanol–water partition coefficient (Wildman–Crippen LogP) is 9.72. The number of alkyl halides is 8. The quantitative estimate of drug-likeness (QED) is 0.229. The average molecular weight is 654 g/mol. The van der Waals surface area contributed by atoms with Crippen LogP contribution in [-0.4, -0.2) is 28.2 Å². The monoisotopic (exact) mass is 648 g/mol. The van der Waals surface area contributed by atoms with Gasteiger partial charge in [0.2, 0.25) is 0 Å². The molecule has 0 aromatic heterocycles. The summed E-state index contributed by atoms with van der Waals surface area (Å²) >= 11 is 81.3. The van der Waals surface area contributed by atoms with Gasteiger partial charge in [-0.1, -0.05) is 92.8 Å².